The summed E-state index contributed by atoms with van der Waals surface area (Å²) in [6.07, 6.45) is 3.63. The molecule has 0 aromatic carbocycles. The van der Waals surface area contributed by atoms with E-state index in [2.05, 4.69) is 20.2 Å². The summed E-state index contributed by atoms with van der Waals surface area (Å²) in [6, 6.07) is 4.22. The Bertz CT molecular complexity index is 1000. The molecule has 5 rings (SSSR count). The first kappa shape index (κ1) is 26.6. The first-order chi connectivity index (χ1) is 17.5. The van der Waals surface area contributed by atoms with Gasteiger partial charge in [0.25, 0.3) is 5.95 Å². The van der Waals surface area contributed by atoms with Gasteiger partial charge in [-0.1, -0.05) is 13.8 Å². The zero-order valence-corrected chi connectivity index (χ0v) is 21.8. The molecule has 4 atom stereocenters. The van der Waals surface area contributed by atoms with Crippen molar-refractivity contribution in [2.75, 3.05) is 44.4 Å². The summed E-state index contributed by atoms with van der Waals surface area (Å²) < 4.78 is 32.3. The van der Waals surface area contributed by atoms with Crippen LogP contribution < -0.4 is 19.7 Å². The van der Waals surface area contributed by atoms with Gasteiger partial charge in [0.1, 0.15) is 13.2 Å². The van der Waals surface area contributed by atoms with Crippen molar-refractivity contribution in [3.8, 4) is 11.5 Å². The number of aliphatic hydroxyl groups is 1. The maximum Gasteiger partial charge on any atom is 0.255 e. The molecule has 2 aromatic rings. The molecule has 36 heavy (non-hydrogen) atoms. The Labute approximate surface area is 213 Å². The van der Waals surface area contributed by atoms with Crippen LogP contribution in [0.25, 0.3) is 0 Å². The Morgan fingerprint density at radius 1 is 1.19 bits per heavy atom. The maximum atomic E-state index is 14.7. The minimum absolute atomic E-state index is 0.112. The number of ether oxygens (including phenoxy) is 3. The van der Waals surface area contributed by atoms with Gasteiger partial charge in [-0.15, -0.1) is 0 Å². The second-order valence-corrected chi connectivity index (χ2v) is 9.77. The monoisotopic (exact) mass is 502 g/mol. The van der Waals surface area contributed by atoms with E-state index in [1.807, 2.05) is 46.0 Å². The number of aliphatic hydroxyl groups excluding tert-OH is 1. The zero-order chi connectivity index (χ0) is 25.7. The van der Waals surface area contributed by atoms with Crippen LogP contribution in [-0.4, -0.2) is 66.7 Å². The first-order valence-electron chi connectivity index (χ1n) is 13.1. The summed E-state index contributed by atoms with van der Waals surface area (Å²) in [4.78, 5) is 10.9. The fourth-order valence-corrected chi connectivity index (χ4v) is 5.26. The lowest BCUT2D eigenvalue weighted by Gasteiger charge is -2.32. The van der Waals surface area contributed by atoms with Crippen LogP contribution in [0, 0.1) is 31.6 Å². The highest BCUT2D eigenvalue weighted by molar-refractivity contribution is 5.59. The fourth-order valence-electron chi connectivity index (χ4n) is 5.26. The van der Waals surface area contributed by atoms with Crippen molar-refractivity contribution >= 4 is 5.82 Å². The number of nitrogens with one attached hydrogen (secondary N) is 1. The van der Waals surface area contributed by atoms with Crippen molar-refractivity contribution in [2.45, 2.75) is 59.2 Å². The molecule has 9 heteroatoms. The number of aromatic nitrogens is 2. The highest BCUT2D eigenvalue weighted by Gasteiger charge is 2.38. The van der Waals surface area contributed by atoms with Crippen LogP contribution in [0.2, 0.25) is 0 Å². The van der Waals surface area contributed by atoms with E-state index in [0.29, 0.717) is 43.0 Å². The standard InChI is InChI=1S/C25H33FN4O4.C2H6/c1-15-3-4-27-25-23(15)34-14-21-7-18(9-30(21)25)11-32-12-20-5-16(2)22(24(26)29-20)33-13-19-6-17(10-31)8-28-19;1-2/h3-5,17-19,21,28,31H,6-14H2,1-2H3;1-2H3. The molecule has 0 radical (unpaired) electrons. The number of halogens is 1. The third-order valence-corrected chi connectivity index (χ3v) is 7.05. The number of pyridine rings is 2. The van der Waals surface area contributed by atoms with Crippen LogP contribution in [-0.2, 0) is 11.3 Å². The van der Waals surface area contributed by atoms with E-state index < -0.39 is 5.95 Å². The summed E-state index contributed by atoms with van der Waals surface area (Å²) in [5, 5.41) is 12.6. The Balaban J connectivity index is 0.00000148. The average Bonchev–Trinajstić information content (AvgIpc) is 3.52. The third kappa shape index (κ3) is 5.90. The maximum absolute atomic E-state index is 14.7. The molecule has 2 fully saturated rings. The van der Waals surface area contributed by atoms with Gasteiger partial charge in [0.05, 0.1) is 24.9 Å². The molecule has 0 bridgehead atoms. The molecule has 5 heterocycles. The minimum Gasteiger partial charge on any atom is -0.487 e. The third-order valence-electron chi connectivity index (χ3n) is 7.05. The van der Waals surface area contributed by atoms with Crippen LogP contribution in [0.1, 0.15) is 43.5 Å². The molecular weight excluding hydrogens is 463 g/mol. The van der Waals surface area contributed by atoms with E-state index in [0.717, 1.165) is 43.1 Å². The van der Waals surface area contributed by atoms with Gasteiger partial charge in [0.15, 0.2) is 17.3 Å². The van der Waals surface area contributed by atoms with Gasteiger partial charge in [-0.2, -0.15) is 4.39 Å². The molecule has 2 saturated heterocycles. The van der Waals surface area contributed by atoms with Gasteiger partial charge in [-0.25, -0.2) is 9.97 Å². The van der Waals surface area contributed by atoms with E-state index >= 15 is 0 Å². The topological polar surface area (TPSA) is 89.0 Å². The SMILES string of the molecule is CC.Cc1cc(COCC2CC3COc4c(C)ccnc4N3C2)nc(F)c1OCC1CC(CO)CN1. The highest BCUT2D eigenvalue weighted by atomic mass is 19.1. The number of rotatable bonds is 8. The van der Waals surface area contributed by atoms with Crippen LogP contribution >= 0.6 is 0 Å². The number of hydrogen-bond acceptors (Lipinski definition) is 8. The van der Waals surface area contributed by atoms with Gasteiger partial charge in [-0.3, -0.25) is 0 Å². The van der Waals surface area contributed by atoms with Crippen LogP contribution in [0.3, 0.4) is 0 Å². The molecule has 0 saturated carbocycles. The molecular formula is C27H39FN4O4. The zero-order valence-electron chi connectivity index (χ0n) is 21.8. The lowest BCUT2D eigenvalue weighted by molar-refractivity contribution is 0.0886. The van der Waals surface area contributed by atoms with Crippen molar-refractivity contribution in [3.63, 3.8) is 0 Å². The molecule has 198 valence electrons. The first-order valence-corrected chi connectivity index (χ1v) is 13.1. The summed E-state index contributed by atoms with van der Waals surface area (Å²) in [7, 11) is 0. The van der Waals surface area contributed by atoms with Gasteiger partial charge in [-0.05, 0) is 55.9 Å². The predicted molar refractivity (Wildman–Crippen MR) is 136 cm³/mol. The van der Waals surface area contributed by atoms with Crippen molar-refractivity contribution < 1.29 is 23.7 Å². The van der Waals surface area contributed by atoms with E-state index in [-0.39, 0.29) is 30.9 Å². The number of aryl methyl sites for hydroxylation is 2. The van der Waals surface area contributed by atoms with Gasteiger partial charge >= 0.3 is 0 Å². The van der Waals surface area contributed by atoms with Crippen LogP contribution in [0.15, 0.2) is 18.3 Å². The van der Waals surface area contributed by atoms with E-state index in [4.69, 9.17) is 14.2 Å². The molecule has 0 amide bonds. The summed E-state index contributed by atoms with van der Waals surface area (Å²) in [5.74, 6) is 1.98. The molecule has 8 nitrogen and oxygen atoms in total. The quantitative estimate of drug-likeness (QED) is 0.531. The molecule has 0 aliphatic carbocycles. The normalized spacial score (nSPS) is 24.4. The Hall–Kier alpha value is -2.49. The summed E-state index contributed by atoms with van der Waals surface area (Å²) in [5.41, 5.74) is 2.37. The second kappa shape index (κ2) is 12.2. The van der Waals surface area contributed by atoms with Gasteiger partial charge in [0, 0.05) is 37.9 Å². The van der Waals surface area contributed by atoms with E-state index in [1.165, 1.54) is 0 Å². The molecule has 4 unspecified atom stereocenters. The molecule has 3 aliphatic heterocycles. The van der Waals surface area contributed by atoms with E-state index in [9.17, 15) is 9.50 Å². The van der Waals surface area contributed by atoms with Gasteiger partial charge < -0.3 is 29.5 Å². The number of anilines is 1. The second-order valence-electron chi connectivity index (χ2n) is 9.77. The smallest absolute Gasteiger partial charge is 0.255 e. The van der Waals surface area contributed by atoms with Crippen LogP contribution in [0.4, 0.5) is 10.2 Å². The average molecular weight is 503 g/mol. The molecule has 3 aliphatic rings. The highest BCUT2D eigenvalue weighted by Crippen LogP contribution is 2.39. The Morgan fingerprint density at radius 3 is 2.78 bits per heavy atom. The Kier molecular flexibility index (Phi) is 8.98. The number of fused-ring (bicyclic) bond motifs is 3. The van der Waals surface area contributed by atoms with Crippen molar-refractivity contribution in [2.24, 2.45) is 11.8 Å². The van der Waals surface area contributed by atoms with Crippen molar-refractivity contribution in [3.05, 3.63) is 41.1 Å². The fraction of sp³-hybridized carbons (Fsp3) is 0.630. The van der Waals surface area contributed by atoms with E-state index in [1.54, 1.807) is 0 Å². The lowest BCUT2D eigenvalue weighted by atomic mass is 10.1. The minimum atomic E-state index is -0.608. The van der Waals surface area contributed by atoms with Crippen LogP contribution in [0.5, 0.6) is 11.5 Å². The van der Waals surface area contributed by atoms with Gasteiger partial charge in [0.2, 0.25) is 0 Å². The molecule has 2 aromatic heterocycles. The lowest BCUT2D eigenvalue weighted by Crippen LogP contribution is -2.39. The number of nitrogens with zero attached hydrogens (tertiary/aromatic N) is 3. The Morgan fingerprint density at radius 2 is 2.03 bits per heavy atom. The number of hydrogen-bond donors (Lipinski definition) is 2. The summed E-state index contributed by atoms with van der Waals surface area (Å²) in [6.45, 7) is 11.5. The molecule has 0 spiro atoms. The molecule has 2 N–H and O–H groups in total. The van der Waals surface area contributed by atoms with Crippen molar-refractivity contribution in [1.29, 1.82) is 0 Å². The van der Waals surface area contributed by atoms with Crippen molar-refractivity contribution in [1.82, 2.24) is 15.3 Å². The predicted octanol–water partition coefficient (Wildman–Crippen LogP) is 3.41. The largest absolute Gasteiger partial charge is 0.487 e. The summed E-state index contributed by atoms with van der Waals surface area (Å²) >= 11 is 0.